The van der Waals surface area contributed by atoms with Gasteiger partial charge < -0.3 is 11.1 Å². The normalized spacial score (nSPS) is 12.8. The van der Waals surface area contributed by atoms with Crippen molar-refractivity contribution in [1.82, 2.24) is 5.32 Å². The van der Waals surface area contributed by atoms with Gasteiger partial charge in [-0.1, -0.05) is 13.3 Å². The molecule has 0 bridgehead atoms. The van der Waals surface area contributed by atoms with Crippen molar-refractivity contribution in [2.75, 3.05) is 12.3 Å². The number of unbranched alkanes of at least 4 members (excludes halogenated alkanes) is 1. The topological polar surface area (TPSA) is 55.1 Å². The third-order valence-electron chi connectivity index (χ3n) is 2.21. The lowest BCUT2D eigenvalue weighted by Crippen LogP contribution is -2.51. The Kier molecular flexibility index (Phi) is 10.5. The molecular weight excluding hydrogens is 244 g/mol. The van der Waals surface area contributed by atoms with Crippen molar-refractivity contribution in [3.8, 4) is 0 Å². The summed E-state index contributed by atoms with van der Waals surface area (Å²) >= 11 is 1.71. The molecule has 0 aliphatic carbocycles. The van der Waals surface area contributed by atoms with Gasteiger partial charge in [0.1, 0.15) is 0 Å². The molecule has 0 radical (unpaired) electrons. The molecule has 0 saturated heterocycles. The minimum Gasteiger partial charge on any atom is -0.349 e. The quantitative estimate of drug-likeness (QED) is 0.696. The number of nitrogens with one attached hydrogen (secondary N) is 1. The Bertz CT molecular complexity index is 200. The third kappa shape index (κ3) is 8.25. The summed E-state index contributed by atoms with van der Waals surface area (Å²) in [5.74, 6) is 1.14. The maximum absolute atomic E-state index is 11.7. The van der Waals surface area contributed by atoms with E-state index in [9.17, 15) is 4.79 Å². The lowest BCUT2D eigenvalue weighted by molar-refractivity contribution is -0.121. The third-order valence-corrected chi connectivity index (χ3v) is 3.45. The summed E-state index contributed by atoms with van der Waals surface area (Å²) in [7, 11) is 0. The molecule has 0 aromatic heterocycles. The average Bonchev–Trinajstić information content (AvgIpc) is 2.17. The molecule has 0 rings (SSSR count). The van der Waals surface area contributed by atoms with Crippen LogP contribution in [0.4, 0.5) is 0 Å². The van der Waals surface area contributed by atoms with Crippen LogP contribution < -0.4 is 11.1 Å². The van der Waals surface area contributed by atoms with Gasteiger partial charge in [0.25, 0.3) is 0 Å². The Morgan fingerprint density at radius 1 is 1.50 bits per heavy atom. The van der Waals surface area contributed by atoms with Crippen molar-refractivity contribution in [2.24, 2.45) is 5.73 Å². The molecule has 0 aliphatic rings. The summed E-state index contributed by atoms with van der Waals surface area (Å²) in [6.45, 7) is 8.44. The van der Waals surface area contributed by atoms with E-state index < -0.39 is 0 Å². The highest BCUT2D eigenvalue weighted by Crippen LogP contribution is 2.13. The molecule has 0 saturated carbocycles. The summed E-state index contributed by atoms with van der Waals surface area (Å²) in [6, 6.07) is 0. The minimum atomic E-state index is -0.295. The van der Waals surface area contributed by atoms with Crippen molar-refractivity contribution in [1.29, 1.82) is 0 Å². The van der Waals surface area contributed by atoms with Crippen LogP contribution in [-0.4, -0.2) is 29.0 Å². The molecule has 98 valence electrons. The molecule has 1 unspecified atom stereocenters. The molecule has 1 atom stereocenters. The van der Waals surface area contributed by atoms with Gasteiger partial charge in [-0.15, -0.1) is 24.2 Å². The molecule has 0 aliphatic heterocycles. The van der Waals surface area contributed by atoms with Gasteiger partial charge in [0.15, 0.2) is 0 Å². The lowest BCUT2D eigenvalue weighted by atomic mass is 10.1. The van der Waals surface area contributed by atoms with E-state index >= 15 is 0 Å². The first-order chi connectivity index (χ1) is 6.93. The van der Waals surface area contributed by atoms with Gasteiger partial charge >= 0.3 is 0 Å². The van der Waals surface area contributed by atoms with E-state index in [1.165, 1.54) is 12.8 Å². The molecular formula is C11H25ClN2OS. The van der Waals surface area contributed by atoms with E-state index in [0.717, 1.165) is 5.75 Å². The monoisotopic (exact) mass is 268 g/mol. The molecule has 5 heteroatoms. The summed E-state index contributed by atoms with van der Waals surface area (Å²) in [5.41, 5.74) is 5.26. The standard InChI is InChI=1S/C11H24N2OS.ClH/c1-5-6-7-15-9(2)10(14)13-11(3,4)8-12;/h9H,5-8,12H2,1-4H3,(H,13,14);1H. The second-order valence-electron chi connectivity index (χ2n) is 4.44. The number of halogens is 1. The predicted molar refractivity (Wildman–Crippen MR) is 75.4 cm³/mol. The van der Waals surface area contributed by atoms with Crippen LogP contribution in [0.15, 0.2) is 0 Å². The minimum absolute atomic E-state index is 0. The average molecular weight is 269 g/mol. The molecule has 1 amide bonds. The van der Waals surface area contributed by atoms with Crippen molar-refractivity contribution in [3.05, 3.63) is 0 Å². The highest BCUT2D eigenvalue weighted by Gasteiger charge is 2.21. The zero-order valence-corrected chi connectivity index (χ0v) is 12.3. The Balaban J connectivity index is 0. The van der Waals surface area contributed by atoms with Gasteiger partial charge in [-0.25, -0.2) is 0 Å². The fourth-order valence-electron chi connectivity index (χ4n) is 0.966. The van der Waals surface area contributed by atoms with E-state index in [4.69, 9.17) is 5.73 Å². The van der Waals surface area contributed by atoms with Crippen molar-refractivity contribution < 1.29 is 4.79 Å². The summed E-state index contributed by atoms with van der Waals surface area (Å²) in [4.78, 5) is 11.7. The molecule has 3 nitrogen and oxygen atoms in total. The summed E-state index contributed by atoms with van der Waals surface area (Å²) < 4.78 is 0. The number of carbonyl (C=O) groups is 1. The van der Waals surface area contributed by atoms with E-state index in [0.29, 0.717) is 6.54 Å². The first kappa shape index (κ1) is 18.4. The Morgan fingerprint density at radius 2 is 2.06 bits per heavy atom. The molecule has 0 aromatic carbocycles. The second-order valence-corrected chi connectivity index (χ2v) is 5.89. The van der Waals surface area contributed by atoms with E-state index in [2.05, 4.69) is 12.2 Å². The van der Waals surface area contributed by atoms with Crippen LogP contribution in [0.1, 0.15) is 40.5 Å². The fraction of sp³-hybridized carbons (Fsp3) is 0.909. The number of amides is 1. The predicted octanol–water partition coefficient (Wildman–Crippen LogP) is 2.18. The zero-order valence-electron chi connectivity index (χ0n) is 10.7. The number of rotatable bonds is 7. The van der Waals surface area contributed by atoms with Crippen LogP contribution in [0.25, 0.3) is 0 Å². The SMILES string of the molecule is CCCCSC(C)C(=O)NC(C)(C)CN.Cl. The van der Waals surface area contributed by atoms with Crippen molar-refractivity contribution in [3.63, 3.8) is 0 Å². The Morgan fingerprint density at radius 3 is 2.50 bits per heavy atom. The van der Waals surface area contributed by atoms with E-state index in [1.807, 2.05) is 20.8 Å². The van der Waals surface area contributed by atoms with Crippen molar-refractivity contribution in [2.45, 2.75) is 51.3 Å². The van der Waals surface area contributed by atoms with Gasteiger partial charge in [0.2, 0.25) is 5.91 Å². The number of carbonyl (C=O) groups excluding carboxylic acids is 1. The maximum Gasteiger partial charge on any atom is 0.233 e. The first-order valence-electron chi connectivity index (χ1n) is 5.56. The molecule has 3 N–H and O–H groups in total. The number of hydrogen-bond donors (Lipinski definition) is 2. The Labute approximate surface area is 110 Å². The number of hydrogen-bond acceptors (Lipinski definition) is 3. The van der Waals surface area contributed by atoms with E-state index in [1.54, 1.807) is 11.8 Å². The highest BCUT2D eigenvalue weighted by atomic mass is 35.5. The highest BCUT2D eigenvalue weighted by molar-refractivity contribution is 8.00. The van der Waals surface area contributed by atoms with Crippen LogP contribution in [0.5, 0.6) is 0 Å². The van der Waals surface area contributed by atoms with Gasteiger partial charge in [-0.2, -0.15) is 0 Å². The van der Waals surface area contributed by atoms with Gasteiger partial charge in [0, 0.05) is 12.1 Å². The zero-order chi connectivity index (χ0) is 11.9. The van der Waals surface area contributed by atoms with Crippen molar-refractivity contribution >= 4 is 30.1 Å². The van der Waals surface area contributed by atoms with Gasteiger partial charge in [-0.3, -0.25) is 4.79 Å². The number of nitrogens with two attached hydrogens (primary N) is 1. The molecule has 16 heavy (non-hydrogen) atoms. The van der Waals surface area contributed by atoms with E-state index in [-0.39, 0.29) is 29.1 Å². The molecule has 0 spiro atoms. The van der Waals surface area contributed by atoms with Crippen LogP contribution in [0, 0.1) is 0 Å². The van der Waals surface area contributed by atoms with Gasteiger partial charge in [-0.05, 0) is 32.9 Å². The summed E-state index contributed by atoms with van der Waals surface area (Å²) in [6.07, 6.45) is 2.35. The van der Waals surface area contributed by atoms with Crippen LogP contribution >= 0.6 is 24.2 Å². The molecule has 0 heterocycles. The summed E-state index contributed by atoms with van der Waals surface area (Å²) in [5, 5.41) is 2.96. The largest absolute Gasteiger partial charge is 0.349 e. The van der Waals surface area contributed by atoms with Crippen LogP contribution in [0.3, 0.4) is 0 Å². The lowest BCUT2D eigenvalue weighted by Gasteiger charge is -2.26. The van der Waals surface area contributed by atoms with Crippen LogP contribution in [0.2, 0.25) is 0 Å². The molecule has 0 aromatic rings. The molecule has 0 fully saturated rings. The van der Waals surface area contributed by atoms with Crippen LogP contribution in [-0.2, 0) is 4.79 Å². The Hall–Kier alpha value is 0.0700. The maximum atomic E-state index is 11.7. The van der Waals surface area contributed by atoms with Gasteiger partial charge in [0.05, 0.1) is 5.25 Å². The second kappa shape index (κ2) is 9.14. The smallest absolute Gasteiger partial charge is 0.233 e. The number of thioether (sulfide) groups is 1. The first-order valence-corrected chi connectivity index (χ1v) is 6.61. The fourth-order valence-corrected chi connectivity index (χ4v) is 1.99.